The zero-order valence-corrected chi connectivity index (χ0v) is 10.9. The van der Waals surface area contributed by atoms with Crippen molar-refractivity contribution in [2.24, 2.45) is 5.73 Å². The van der Waals surface area contributed by atoms with E-state index in [0.29, 0.717) is 26.2 Å². The number of halogens is 1. The van der Waals surface area contributed by atoms with E-state index in [9.17, 15) is 12.8 Å². The lowest BCUT2D eigenvalue weighted by Gasteiger charge is -2.27. The second-order valence-corrected chi connectivity index (χ2v) is 6.85. The standard InChI is InChI=1S/C12H17FN2O2S/c13-12-2-1-10(11(7-12)8-14)9-15-3-5-18(16,17)6-4-15/h1-2,7H,3-6,8-9,14H2. The molecule has 1 fully saturated rings. The van der Waals surface area contributed by atoms with Crippen molar-refractivity contribution in [3.63, 3.8) is 0 Å². The highest BCUT2D eigenvalue weighted by Crippen LogP contribution is 2.15. The Morgan fingerprint density at radius 1 is 1.22 bits per heavy atom. The van der Waals surface area contributed by atoms with E-state index in [1.807, 2.05) is 0 Å². The second-order valence-electron chi connectivity index (χ2n) is 4.55. The van der Waals surface area contributed by atoms with Crippen LogP contribution in [0.1, 0.15) is 11.1 Å². The minimum atomic E-state index is -2.86. The normalized spacial score (nSPS) is 19.9. The number of benzene rings is 1. The minimum Gasteiger partial charge on any atom is -0.326 e. The SMILES string of the molecule is NCc1cc(F)ccc1CN1CCS(=O)(=O)CC1. The third-order valence-corrected chi connectivity index (χ3v) is 4.83. The Kier molecular flexibility index (Phi) is 3.99. The largest absolute Gasteiger partial charge is 0.326 e. The summed E-state index contributed by atoms with van der Waals surface area (Å²) in [5, 5.41) is 0. The summed E-state index contributed by atoms with van der Waals surface area (Å²) in [5.74, 6) is 0.110. The molecule has 4 nitrogen and oxygen atoms in total. The molecular formula is C12H17FN2O2S. The van der Waals surface area contributed by atoms with Crippen LogP contribution in [0.2, 0.25) is 0 Å². The van der Waals surface area contributed by atoms with Gasteiger partial charge in [-0.3, -0.25) is 4.90 Å². The number of nitrogens with two attached hydrogens (primary N) is 1. The molecule has 0 bridgehead atoms. The van der Waals surface area contributed by atoms with Crippen molar-refractivity contribution in [1.29, 1.82) is 0 Å². The molecule has 1 aromatic rings. The van der Waals surface area contributed by atoms with Gasteiger partial charge in [-0.15, -0.1) is 0 Å². The third-order valence-electron chi connectivity index (χ3n) is 3.22. The van der Waals surface area contributed by atoms with Crippen LogP contribution in [0.4, 0.5) is 4.39 Å². The van der Waals surface area contributed by atoms with E-state index in [1.165, 1.54) is 12.1 Å². The minimum absolute atomic E-state index is 0.201. The van der Waals surface area contributed by atoms with Gasteiger partial charge in [0.1, 0.15) is 5.82 Å². The number of hydrogen-bond donors (Lipinski definition) is 1. The van der Waals surface area contributed by atoms with Gasteiger partial charge >= 0.3 is 0 Å². The van der Waals surface area contributed by atoms with Crippen LogP contribution in [0.3, 0.4) is 0 Å². The third kappa shape index (κ3) is 3.28. The fourth-order valence-electron chi connectivity index (χ4n) is 2.09. The zero-order chi connectivity index (χ0) is 13.2. The first kappa shape index (κ1) is 13.5. The van der Waals surface area contributed by atoms with E-state index in [0.717, 1.165) is 11.1 Å². The van der Waals surface area contributed by atoms with Gasteiger partial charge in [0.15, 0.2) is 9.84 Å². The molecule has 1 aliphatic heterocycles. The maximum atomic E-state index is 13.1. The molecule has 0 amide bonds. The summed E-state index contributed by atoms with van der Waals surface area (Å²) in [4.78, 5) is 2.06. The summed E-state index contributed by atoms with van der Waals surface area (Å²) in [6.07, 6.45) is 0. The summed E-state index contributed by atoms with van der Waals surface area (Å²) in [7, 11) is -2.86. The van der Waals surface area contributed by atoms with Crippen molar-refractivity contribution in [3.05, 3.63) is 35.1 Å². The first-order valence-electron chi connectivity index (χ1n) is 5.90. The molecule has 1 heterocycles. The summed E-state index contributed by atoms with van der Waals surface area (Å²) < 4.78 is 35.7. The maximum Gasteiger partial charge on any atom is 0.152 e. The topological polar surface area (TPSA) is 63.4 Å². The van der Waals surface area contributed by atoms with Crippen molar-refractivity contribution in [3.8, 4) is 0 Å². The lowest BCUT2D eigenvalue weighted by atomic mass is 10.1. The van der Waals surface area contributed by atoms with Gasteiger partial charge < -0.3 is 5.73 Å². The van der Waals surface area contributed by atoms with Crippen molar-refractivity contribution in [1.82, 2.24) is 4.90 Å². The quantitative estimate of drug-likeness (QED) is 0.871. The Bertz CT molecular complexity index is 517. The monoisotopic (exact) mass is 272 g/mol. The summed E-state index contributed by atoms with van der Waals surface area (Å²) in [6.45, 7) is 1.98. The first-order valence-corrected chi connectivity index (χ1v) is 7.72. The Morgan fingerprint density at radius 3 is 2.50 bits per heavy atom. The number of nitrogens with zero attached hydrogens (tertiary/aromatic N) is 1. The van der Waals surface area contributed by atoms with Gasteiger partial charge in [0.2, 0.25) is 0 Å². The zero-order valence-electron chi connectivity index (χ0n) is 10.1. The molecular weight excluding hydrogens is 255 g/mol. The molecule has 1 saturated heterocycles. The van der Waals surface area contributed by atoms with Gasteiger partial charge in [-0.25, -0.2) is 12.8 Å². The van der Waals surface area contributed by atoms with E-state index in [-0.39, 0.29) is 17.3 Å². The number of hydrogen-bond acceptors (Lipinski definition) is 4. The van der Waals surface area contributed by atoms with E-state index in [1.54, 1.807) is 6.07 Å². The van der Waals surface area contributed by atoms with Crippen molar-refractivity contribution in [2.75, 3.05) is 24.6 Å². The van der Waals surface area contributed by atoms with Gasteiger partial charge in [0, 0.05) is 26.2 Å². The molecule has 2 N–H and O–H groups in total. The van der Waals surface area contributed by atoms with Crippen LogP contribution in [-0.2, 0) is 22.9 Å². The van der Waals surface area contributed by atoms with Crippen LogP contribution < -0.4 is 5.73 Å². The van der Waals surface area contributed by atoms with Crippen molar-refractivity contribution >= 4 is 9.84 Å². The van der Waals surface area contributed by atoms with E-state index >= 15 is 0 Å². The predicted molar refractivity (Wildman–Crippen MR) is 68.2 cm³/mol. The van der Waals surface area contributed by atoms with Crippen molar-refractivity contribution < 1.29 is 12.8 Å². The van der Waals surface area contributed by atoms with Crippen LogP contribution in [0, 0.1) is 5.82 Å². The van der Waals surface area contributed by atoms with Gasteiger partial charge in [-0.2, -0.15) is 0 Å². The highest BCUT2D eigenvalue weighted by Gasteiger charge is 2.21. The van der Waals surface area contributed by atoms with E-state index in [4.69, 9.17) is 5.73 Å². The average Bonchev–Trinajstić information content (AvgIpc) is 2.34. The number of sulfone groups is 1. The van der Waals surface area contributed by atoms with Crippen LogP contribution in [0.15, 0.2) is 18.2 Å². The van der Waals surface area contributed by atoms with Gasteiger partial charge in [-0.1, -0.05) is 6.07 Å². The van der Waals surface area contributed by atoms with Gasteiger partial charge in [0.25, 0.3) is 0 Å². The molecule has 0 spiro atoms. The van der Waals surface area contributed by atoms with E-state index in [2.05, 4.69) is 4.90 Å². The molecule has 0 aliphatic carbocycles. The highest BCUT2D eigenvalue weighted by molar-refractivity contribution is 7.91. The fraction of sp³-hybridized carbons (Fsp3) is 0.500. The fourth-order valence-corrected chi connectivity index (χ4v) is 3.36. The molecule has 0 radical (unpaired) electrons. The van der Waals surface area contributed by atoms with Crippen LogP contribution in [-0.4, -0.2) is 37.9 Å². The van der Waals surface area contributed by atoms with Crippen molar-refractivity contribution in [2.45, 2.75) is 13.1 Å². The first-order chi connectivity index (χ1) is 8.50. The molecule has 18 heavy (non-hydrogen) atoms. The predicted octanol–water partition coefficient (Wildman–Crippen LogP) is 0.515. The highest BCUT2D eigenvalue weighted by atomic mass is 32.2. The molecule has 1 aliphatic rings. The Morgan fingerprint density at radius 2 is 1.89 bits per heavy atom. The summed E-state index contributed by atoms with van der Waals surface area (Å²) in [6, 6.07) is 4.58. The summed E-state index contributed by atoms with van der Waals surface area (Å²) >= 11 is 0. The van der Waals surface area contributed by atoms with Crippen LogP contribution in [0.25, 0.3) is 0 Å². The van der Waals surface area contributed by atoms with E-state index < -0.39 is 9.84 Å². The Balaban J connectivity index is 2.06. The molecule has 0 saturated carbocycles. The Labute approximate surface area is 107 Å². The molecule has 0 aromatic heterocycles. The second kappa shape index (κ2) is 5.34. The molecule has 6 heteroatoms. The molecule has 0 unspecified atom stereocenters. The van der Waals surface area contributed by atoms with Gasteiger partial charge in [0.05, 0.1) is 11.5 Å². The smallest absolute Gasteiger partial charge is 0.152 e. The molecule has 2 rings (SSSR count). The number of rotatable bonds is 3. The molecule has 1 aromatic carbocycles. The van der Waals surface area contributed by atoms with Crippen LogP contribution >= 0.6 is 0 Å². The molecule has 0 atom stereocenters. The lowest BCUT2D eigenvalue weighted by Crippen LogP contribution is -2.39. The Hall–Kier alpha value is -0.980. The molecule has 100 valence electrons. The lowest BCUT2D eigenvalue weighted by molar-refractivity contribution is 0.286. The van der Waals surface area contributed by atoms with Crippen LogP contribution in [0.5, 0.6) is 0 Å². The average molecular weight is 272 g/mol. The maximum absolute atomic E-state index is 13.1. The van der Waals surface area contributed by atoms with Gasteiger partial charge in [-0.05, 0) is 23.3 Å². The summed E-state index contributed by atoms with van der Waals surface area (Å²) in [5.41, 5.74) is 7.34.